The molecule has 0 atom stereocenters. The lowest BCUT2D eigenvalue weighted by atomic mass is 10.2. The van der Waals surface area contributed by atoms with Crippen molar-refractivity contribution in [1.82, 2.24) is 19.3 Å². The summed E-state index contributed by atoms with van der Waals surface area (Å²) in [5.41, 5.74) is 2.64. The molecule has 6 nitrogen and oxygen atoms in total. The Morgan fingerprint density at radius 1 is 1.12 bits per heavy atom. The van der Waals surface area contributed by atoms with Crippen LogP contribution in [0.2, 0.25) is 0 Å². The largest absolute Gasteiger partial charge is 0.237 e. The summed E-state index contributed by atoms with van der Waals surface area (Å²) in [5, 5.41) is 4.28. The zero-order chi connectivity index (χ0) is 18.7. The van der Waals surface area contributed by atoms with E-state index in [1.165, 1.54) is 0 Å². The maximum absolute atomic E-state index is 13.1. The van der Waals surface area contributed by atoms with Crippen LogP contribution in [0.25, 0.3) is 5.65 Å². The minimum absolute atomic E-state index is 0.0682. The van der Waals surface area contributed by atoms with Crippen LogP contribution in [0, 0.1) is 18.6 Å². The summed E-state index contributed by atoms with van der Waals surface area (Å²) in [7, 11) is -3.67. The van der Waals surface area contributed by atoms with Crippen molar-refractivity contribution in [3.05, 3.63) is 65.1 Å². The monoisotopic (exact) mass is 380 g/mol. The number of rotatable bonds is 7. The van der Waals surface area contributed by atoms with E-state index in [-0.39, 0.29) is 12.1 Å². The molecular formula is C17H18F2N4O2S. The number of aromatic nitrogens is 3. The molecule has 26 heavy (non-hydrogen) atoms. The van der Waals surface area contributed by atoms with Crippen molar-refractivity contribution in [3.8, 4) is 0 Å². The lowest BCUT2D eigenvalue weighted by molar-refractivity contribution is 0.573. The third-order valence-electron chi connectivity index (χ3n) is 3.73. The van der Waals surface area contributed by atoms with Gasteiger partial charge >= 0.3 is 0 Å². The van der Waals surface area contributed by atoms with E-state index < -0.39 is 27.4 Å². The Kier molecular flexibility index (Phi) is 5.28. The molecular weight excluding hydrogens is 362 g/mol. The van der Waals surface area contributed by atoms with Crippen molar-refractivity contribution in [2.24, 2.45) is 0 Å². The van der Waals surface area contributed by atoms with Crippen LogP contribution < -0.4 is 4.72 Å². The molecule has 0 saturated heterocycles. The third-order valence-corrected chi connectivity index (χ3v) is 5.09. The Balaban J connectivity index is 1.52. The fraction of sp³-hybridized carbons (Fsp3) is 0.294. The van der Waals surface area contributed by atoms with Gasteiger partial charge in [-0.2, -0.15) is 5.10 Å². The molecule has 0 fully saturated rings. The summed E-state index contributed by atoms with van der Waals surface area (Å²) < 4.78 is 54.5. The fourth-order valence-electron chi connectivity index (χ4n) is 2.65. The Morgan fingerprint density at radius 2 is 1.85 bits per heavy atom. The van der Waals surface area contributed by atoms with Gasteiger partial charge in [0.05, 0.1) is 11.4 Å². The zero-order valence-electron chi connectivity index (χ0n) is 14.1. The Bertz CT molecular complexity index is 1010. The SMILES string of the molecule is Cc1cc2ncc(CCCNS(=O)(=O)Cc3cc(F)cc(F)c3)cn2n1. The highest BCUT2D eigenvalue weighted by Crippen LogP contribution is 2.11. The summed E-state index contributed by atoms with van der Waals surface area (Å²) in [6.07, 6.45) is 4.78. The van der Waals surface area contributed by atoms with Crippen molar-refractivity contribution < 1.29 is 17.2 Å². The van der Waals surface area contributed by atoms with E-state index in [2.05, 4.69) is 14.8 Å². The lowest BCUT2D eigenvalue weighted by Crippen LogP contribution is -2.26. The number of hydrogen-bond acceptors (Lipinski definition) is 4. The van der Waals surface area contributed by atoms with Crippen LogP contribution >= 0.6 is 0 Å². The number of halogens is 2. The molecule has 0 saturated carbocycles. The molecule has 0 unspecified atom stereocenters. The number of hydrogen-bond donors (Lipinski definition) is 1. The molecule has 9 heteroatoms. The van der Waals surface area contributed by atoms with Crippen LogP contribution in [0.15, 0.2) is 36.7 Å². The molecule has 0 radical (unpaired) electrons. The van der Waals surface area contributed by atoms with Gasteiger partial charge in [-0.1, -0.05) is 0 Å². The first-order valence-corrected chi connectivity index (χ1v) is 9.69. The minimum Gasteiger partial charge on any atom is -0.237 e. The molecule has 2 aromatic heterocycles. The minimum atomic E-state index is -3.67. The molecule has 0 bridgehead atoms. The normalized spacial score (nSPS) is 12.0. The molecule has 2 heterocycles. The van der Waals surface area contributed by atoms with Gasteiger partial charge in [0.1, 0.15) is 11.6 Å². The smallest absolute Gasteiger partial charge is 0.215 e. The van der Waals surface area contributed by atoms with Gasteiger partial charge < -0.3 is 0 Å². The standard InChI is InChI=1S/C17H18F2N4O2S/c1-12-5-17-20-9-13(10-23(17)22-12)3-2-4-21-26(24,25)11-14-6-15(18)8-16(19)7-14/h5-10,21H,2-4,11H2,1H3. The summed E-state index contributed by atoms with van der Waals surface area (Å²) in [5.74, 6) is -2.07. The number of aryl methyl sites for hydroxylation is 2. The van der Waals surface area contributed by atoms with Crippen molar-refractivity contribution in [1.29, 1.82) is 0 Å². The third kappa shape index (κ3) is 4.83. The Morgan fingerprint density at radius 3 is 2.58 bits per heavy atom. The second-order valence-electron chi connectivity index (χ2n) is 6.09. The second kappa shape index (κ2) is 7.46. The van der Waals surface area contributed by atoms with E-state index >= 15 is 0 Å². The first-order valence-electron chi connectivity index (χ1n) is 8.04. The number of benzene rings is 1. The summed E-state index contributed by atoms with van der Waals surface area (Å²) in [4.78, 5) is 4.29. The van der Waals surface area contributed by atoms with E-state index in [0.717, 1.165) is 29.0 Å². The maximum Gasteiger partial charge on any atom is 0.215 e. The second-order valence-corrected chi connectivity index (χ2v) is 7.89. The van der Waals surface area contributed by atoms with Crippen molar-refractivity contribution in [3.63, 3.8) is 0 Å². The number of nitrogens with zero attached hydrogens (tertiary/aromatic N) is 3. The summed E-state index contributed by atoms with van der Waals surface area (Å²) in [6.45, 7) is 2.10. The summed E-state index contributed by atoms with van der Waals surface area (Å²) in [6, 6.07) is 4.59. The van der Waals surface area contributed by atoms with Crippen LogP contribution in [0.3, 0.4) is 0 Å². The van der Waals surface area contributed by atoms with Crippen LogP contribution in [0.4, 0.5) is 8.78 Å². The first kappa shape index (κ1) is 18.4. The molecule has 0 aliphatic rings. The molecule has 3 aromatic rings. The van der Waals surface area contributed by atoms with Gasteiger partial charge in [0.25, 0.3) is 0 Å². The van der Waals surface area contributed by atoms with Crippen LogP contribution in [-0.2, 0) is 22.2 Å². The Hall–Kier alpha value is -2.39. The van der Waals surface area contributed by atoms with E-state index in [4.69, 9.17) is 0 Å². The number of fused-ring (bicyclic) bond motifs is 1. The van der Waals surface area contributed by atoms with Gasteiger partial charge in [-0.3, -0.25) is 0 Å². The van der Waals surface area contributed by atoms with E-state index in [1.807, 2.05) is 19.2 Å². The van der Waals surface area contributed by atoms with Crippen LogP contribution in [-0.4, -0.2) is 29.6 Å². The fourth-order valence-corrected chi connectivity index (χ4v) is 3.81. The van der Waals surface area contributed by atoms with Crippen molar-refractivity contribution in [2.75, 3.05) is 6.54 Å². The average molecular weight is 380 g/mol. The molecule has 1 aromatic carbocycles. The molecule has 3 rings (SSSR count). The highest BCUT2D eigenvalue weighted by Gasteiger charge is 2.13. The number of sulfonamides is 1. The van der Waals surface area contributed by atoms with Gasteiger partial charge in [0.2, 0.25) is 10.0 Å². The molecule has 0 amide bonds. The van der Waals surface area contributed by atoms with E-state index in [9.17, 15) is 17.2 Å². The van der Waals surface area contributed by atoms with Gasteiger partial charge in [-0.25, -0.2) is 31.4 Å². The van der Waals surface area contributed by atoms with Gasteiger partial charge in [0.15, 0.2) is 5.65 Å². The maximum atomic E-state index is 13.1. The Labute approximate surface area is 149 Å². The van der Waals surface area contributed by atoms with Crippen molar-refractivity contribution >= 4 is 15.7 Å². The zero-order valence-corrected chi connectivity index (χ0v) is 14.9. The predicted octanol–water partition coefficient (Wildman–Crippen LogP) is 2.37. The molecule has 0 aliphatic carbocycles. The predicted molar refractivity (Wildman–Crippen MR) is 93.0 cm³/mol. The molecule has 0 aliphatic heterocycles. The first-order chi connectivity index (χ1) is 12.3. The highest BCUT2D eigenvalue weighted by atomic mass is 32.2. The summed E-state index contributed by atoms with van der Waals surface area (Å²) >= 11 is 0. The quantitative estimate of drug-likeness (QED) is 0.639. The lowest BCUT2D eigenvalue weighted by Gasteiger charge is -2.07. The van der Waals surface area contributed by atoms with Crippen LogP contribution in [0.5, 0.6) is 0 Å². The highest BCUT2D eigenvalue weighted by molar-refractivity contribution is 7.88. The molecule has 0 spiro atoms. The van der Waals surface area contributed by atoms with E-state index in [0.29, 0.717) is 18.9 Å². The number of nitrogens with one attached hydrogen (secondary N) is 1. The molecule has 138 valence electrons. The van der Waals surface area contributed by atoms with E-state index in [1.54, 1.807) is 10.7 Å². The van der Waals surface area contributed by atoms with Crippen molar-refractivity contribution in [2.45, 2.75) is 25.5 Å². The topological polar surface area (TPSA) is 76.4 Å². The average Bonchev–Trinajstić information content (AvgIpc) is 2.89. The van der Waals surface area contributed by atoms with Gasteiger partial charge in [-0.05, 0) is 43.0 Å². The van der Waals surface area contributed by atoms with Crippen LogP contribution in [0.1, 0.15) is 23.2 Å². The van der Waals surface area contributed by atoms with Gasteiger partial charge in [0, 0.05) is 31.1 Å². The van der Waals surface area contributed by atoms with Gasteiger partial charge in [-0.15, -0.1) is 0 Å². The molecule has 1 N–H and O–H groups in total.